The highest BCUT2D eigenvalue weighted by Crippen LogP contribution is 2.34. The summed E-state index contributed by atoms with van der Waals surface area (Å²) in [4.78, 5) is 15.8. The van der Waals surface area contributed by atoms with Crippen LogP contribution in [-0.2, 0) is 4.79 Å². The summed E-state index contributed by atoms with van der Waals surface area (Å²) < 4.78 is 10.7. The minimum Gasteiger partial charge on any atom is -0.497 e. The van der Waals surface area contributed by atoms with Crippen LogP contribution in [0.3, 0.4) is 0 Å². The Bertz CT molecular complexity index is 1170. The van der Waals surface area contributed by atoms with Crippen LogP contribution in [0.5, 0.6) is 11.5 Å². The number of aromatic amines is 1. The van der Waals surface area contributed by atoms with Gasteiger partial charge >= 0.3 is 0 Å². The molecule has 0 aliphatic heterocycles. The van der Waals surface area contributed by atoms with Crippen LogP contribution in [0, 0.1) is 0 Å². The Morgan fingerprint density at radius 1 is 0.968 bits per heavy atom. The molecule has 4 aromatic rings. The fourth-order valence-electron chi connectivity index (χ4n) is 3.62. The van der Waals surface area contributed by atoms with Gasteiger partial charge in [-0.15, -0.1) is 0 Å². The lowest BCUT2D eigenvalue weighted by molar-refractivity contribution is -0.123. The van der Waals surface area contributed by atoms with E-state index in [0.29, 0.717) is 17.3 Å². The Morgan fingerprint density at radius 3 is 2.45 bits per heavy atom. The Balaban J connectivity index is 1.49. The summed E-state index contributed by atoms with van der Waals surface area (Å²) in [6, 6.07) is 22.9. The smallest absolute Gasteiger partial charge is 0.257 e. The molecule has 4 rings (SSSR count). The Kier molecular flexibility index (Phi) is 6.43. The summed E-state index contributed by atoms with van der Waals surface area (Å²) in [5.41, 5.74) is 3.09. The lowest BCUT2D eigenvalue weighted by atomic mass is 9.91. The standard InChI is InChI=1S/C25H23ClN2O3/c1-30-17-10-12-18(13-11-17)31-16-25(29)28-15-21(19-6-2-4-8-23(19)26)22-14-27-24-9-5-3-7-20(22)24/h2-14,21,27H,15-16H2,1H3,(H,28,29)/t21-/m0/s1. The highest BCUT2D eigenvalue weighted by atomic mass is 35.5. The van der Waals surface area contributed by atoms with Crippen LogP contribution in [0.25, 0.3) is 10.9 Å². The number of para-hydroxylation sites is 1. The summed E-state index contributed by atoms with van der Waals surface area (Å²) in [6.45, 7) is 0.325. The normalized spacial score (nSPS) is 11.8. The fraction of sp³-hybridized carbons (Fsp3) is 0.160. The first kappa shape index (κ1) is 20.8. The fourth-order valence-corrected chi connectivity index (χ4v) is 3.88. The third kappa shape index (κ3) is 4.84. The molecule has 0 aliphatic rings. The molecule has 31 heavy (non-hydrogen) atoms. The summed E-state index contributed by atoms with van der Waals surface area (Å²) >= 11 is 6.51. The topological polar surface area (TPSA) is 63.4 Å². The van der Waals surface area contributed by atoms with Gasteiger partial charge in [-0.05, 0) is 47.5 Å². The molecule has 3 aromatic carbocycles. The lowest BCUT2D eigenvalue weighted by Gasteiger charge is -2.19. The van der Waals surface area contributed by atoms with Crippen molar-refractivity contribution in [2.75, 3.05) is 20.3 Å². The van der Waals surface area contributed by atoms with E-state index in [1.54, 1.807) is 31.4 Å². The largest absolute Gasteiger partial charge is 0.497 e. The summed E-state index contributed by atoms with van der Waals surface area (Å²) in [7, 11) is 1.60. The molecule has 6 heteroatoms. The van der Waals surface area contributed by atoms with Crippen LogP contribution >= 0.6 is 11.6 Å². The molecule has 0 radical (unpaired) electrons. The molecule has 0 spiro atoms. The number of carbonyl (C=O) groups excluding carboxylic acids is 1. The number of aromatic nitrogens is 1. The number of fused-ring (bicyclic) bond motifs is 1. The van der Waals surface area contributed by atoms with E-state index in [-0.39, 0.29) is 18.4 Å². The van der Waals surface area contributed by atoms with Crippen molar-refractivity contribution >= 4 is 28.4 Å². The van der Waals surface area contributed by atoms with Crippen LogP contribution in [-0.4, -0.2) is 31.2 Å². The van der Waals surface area contributed by atoms with Crippen molar-refractivity contribution in [3.63, 3.8) is 0 Å². The minimum absolute atomic E-state index is 0.0740. The molecule has 0 unspecified atom stereocenters. The van der Waals surface area contributed by atoms with Gasteiger partial charge in [-0.25, -0.2) is 0 Å². The van der Waals surface area contributed by atoms with E-state index in [1.807, 2.05) is 48.7 Å². The maximum atomic E-state index is 12.5. The van der Waals surface area contributed by atoms with Gasteiger partial charge in [0.2, 0.25) is 0 Å². The van der Waals surface area contributed by atoms with E-state index in [2.05, 4.69) is 16.4 Å². The van der Waals surface area contributed by atoms with Crippen LogP contribution in [0.1, 0.15) is 17.0 Å². The molecule has 1 aromatic heterocycles. The number of amides is 1. The zero-order valence-electron chi connectivity index (χ0n) is 17.1. The maximum absolute atomic E-state index is 12.5. The van der Waals surface area contributed by atoms with Gasteiger partial charge < -0.3 is 19.8 Å². The predicted molar refractivity (Wildman–Crippen MR) is 123 cm³/mol. The van der Waals surface area contributed by atoms with Crippen molar-refractivity contribution in [3.8, 4) is 11.5 Å². The SMILES string of the molecule is COc1ccc(OCC(=O)NC[C@@H](c2ccccc2Cl)c2c[nH]c3ccccc23)cc1. The Labute approximate surface area is 186 Å². The first-order valence-electron chi connectivity index (χ1n) is 9.99. The number of nitrogens with one attached hydrogen (secondary N) is 2. The number of hydrogen-bond acceptors (Lipinski definition) is 3. The predicted octanol–water partition coefficient (Wildman–Crippen LogP) is 5.16. The second kappa shape index (κ2) is 9.58. The minimum atomic E-state index is -0.201. The number of hydrogen-bond donors (Lipinski definition) is 2. The molecule has 0 bridgehead atoms. The van der Waals surface area contributed by atoms with Crippen molar-refractivity contribution in [2.45, 2.75) is 5.92 Å². The molecule has 2 N–H and O–H groups in total. The highest BCUT2D eigenvalue weighted by molar-refractivity contribution is 6.31. The van der Waals surface area contributed by atoms with E-state index >= 15 is 0 Å². The van der Waals surface area contributed by atoms with Gasteiger partial charge in [0.05, 0.1) is 7.11 Å². The summed E-state index contributed by atoms with van der Waals surface area (Å²) in [5.74, 6) is 1.04. The van der Waals surface area contributed by atoms with E-state index in [9.17, 15) is 4.79 Å². The third-order valence-corrected chi connectivity index (χ3v) is 5.55. The molecule has 0 aliphatic carbocycles. The van der Waals surface area contributed by atoms with E-state index in [0.717, 1.165) is 27.8 Å². The van der Waals surface area contributed by atoms with Gasteiger partial charge in [0, 0.05) is 34.6 Å². The lowest BCUT2D eigenvalue weighted by Crippen LogP contribution is -2.32. The Morgan fingerprint density at radius 2 is 1.68 bits per heavy atom. The van der Waals surface area contributed by atoms with E-state index < -0.39 is 0 Å². The Hall–Kier alpha value is -3.44. The first-order chi connectivity index (χ1) is 15.2. The molecule has 1 heterocycles. The van der Waals surface area contributed by atoms with Crippen molar-refractivity contribution in [3.05, 3.63) is 95.1 Å². The second-order valence-electron chi connectivity index (χ2n) is 7.13. The number of ether oxygens (including phenoxy) is 2. The molecule has 0 saturated carbocycles. The van der Waals surface area contributed by atoms with Crippen LogP contribution < -0.4 is 14.8 Å². The quantitative estimate of drug-likeness (QED) is 0.402. The summed E-state index contributed by atoms with van der Waals surface area (Å²) in [6.07, 6.45) is 1.98. The average molecular weight is 435 g/mol. The summed E-state index contributed by atoms with van der Waals surface area (Å²) in [5, 5.41) is 4.77. The number of carbonyl (C=O) groups is 1. The van der Waals surface area contributed by atoms with Gasteiger partial charge in [0.1, 0.15) is 11.5 Å². The van der Waals surface area contributed by atoms with Gasteiger partial charge in [0.15, 0.2) is 6.61 Å². The first-order valence-corrected chi connectivity index (χ1v) is 10.4. The average Bonchev–Trinajstić information content (AvgIpc) is 3.23. The highest BCUT2D eigenvalue weighted by Gasteiger charge is 2.21. The number of methoxy groups -OCH3 is 1. The van der Waals surface area contributed by atoms with Gasteiger partial charge in [-0.2, -0.15) is 0 Å². The van der Waals surface area contributed by atoms with Crippen molar-refractivity contribution in [1.29, 1.82) is 0 Å². The van der Waals surface area contributed by atoms with Crippen LogP contribution in [0.15, 0.2) is 79.0 Å². The maximum Gasteiger partial charge on any atom is 0.257 e. The number of benzene rings is 3. The van der Waals surface area contributed by atoms with Crippen molar-refractivity contribution < 1.29 is 14.3 Å². The molecule has 0 fully saturated rings. The van der Waals surface area contributed by atoms with Crippen molar-refractivity contribution in [1.82, 2.24) is 10.3 Å². The second-order valence-corrected chi connectivity index (χ2v) is 7.54. The van der Waals surface area contributed by atoms with Crippen molar-refractivity contribution in [2.24, 2.45) is 0 Å². The van der Waals surface area contributed by atoms with Crippen LogP contribution in [0.4, 0.5) is 0 Å². The van der Waals surface area contributed by atoms with E-state index in [4.69, 9.17) is 21.1 Å². The number of H-pyrrole nitrogens is 1. The van der Waals surface area contributed by atoms with Gasteiger partial charge in [-0.1, -0.05) is 48.0 Å². The molecular weight excluding hydrogens is 412 g/mol. The number of rotatable bonds is 8. The van der Waals surface area contributed by atoms with Gasteiger partial charge in [-0.3, -0.25) is 4.79 Å². The number of halogens is 1. The van der Waals surface area contributed by atoms with Gasteiger partial charge in [0.25, 0.3) is 5.91 Å². The third-order valence-electron chi connectivity index (χ3n) is 5.21. The zero-order chi connectivity index (χ0) is 21.6. The molecule has 158 valence electrons. The molecule has 5 nitrogen and oxygen atoms in total. The van der Waals surface area contributed by atoms with Crippen LogP contribution in [0.2, 0.25) is 5.02 Å². The molecular formula is C25H23ClN2O3. The zero-order valence-corrected chi connectivity index (χ0v) is 17.9. The molecule has 1 atom stereocenters. The van der Waals surface area contributed by atoms with E-state index in [1.165, 1.54) is 0 Å². The molecule has 0 saturated heterocycles. The molecule has 1 amide bonds. The monoisotopic (exact) mass is 434 g/mol.